The Labute approximate surface area is 110 Å². The molecule has 1 fully saturated rings. The highest BCUT2D eigenvalue weighted by atomic mass is 32.2. The van der Waals surface area contributed by atoms with Gasteiger partial charge in [-0.1, -0.05) is 0 Å². The molecule has 0 aromatic carbocycles. The Balaban J connectivity index is 2.24. The standard InChI is InChI=1S/C11H15NO4S2/c1-8-2-5-11(17-8)18(15,16)12(7-10(13)14)6-9-3-4-9/h2,5,9H,3-4,6-7H2,1H3,(H,13,14). The molecule has 1 heterocycles. The molecular weight excluding hydrogens is 274 g/mol. The smallest absolute Gasteiger partial charge is 0.318 e. The molecule has 1 aliphatic rings. The molecule has 1 saturated carbocycles. The molecule has 1 N–H and O–H groups in total. The van der Waals surface area contributed by atoms with Gasteiger partial charge in [0.05, 0.1) is 0 Å². The number of aliphatic carboxylic acids is 1. The van der Waals surface area contributed by atoms with Crippen LogP contribution in [0.5, 0.6) is 0 Å². The monoisotopic (exact) mass is 289 g/mol. The van der Waals surface area contributed by atoms with Gasteiger partial charge in [-0.15, -0.1) is 11.3 Å². The van der Waals surface area contributed by atoms with Crippen molar-refractivity contribution in [2.75, 3.05) is 13.1 Å². The number of hydrogen-bond donors (Lipinski definition) is 1. The van der Waals surface area contributed by atoms with Crippen LogP contribution in [0.3, 0.4) is 0 Å². The fraction of sp³-hybridized carbons (Fsp3) is 0.545. The van der Waals surface area contributed by atoms with E-state index in [0.717, 1.165) is 22.0 Å². The minimum Gasteiger partial charge on any atom is -0.480 e. The summed E-state index contributed by atoms with van der Waals surface area (Å²) in [6.07, 6.45) is 1.96. The topological polar surface area (TPSA) is 74.7 Å². The van der Waals surface area contributed by atoms with Gasteiger partial charge in [0.25, 0.3) is 10.0 Å². The lowest BCUT2D eigenvalue weighted by molar-refractivity contribution is -0.137. The zero-order valence-corrected chi connectivity index (χ0v) is 11.6. The molecular formula is C11H15NO4S2. The van der Waals surface area contributed by atoms with E-state index in [0.29, 0.717) is 12.5 Å². The minimum atomic E-state index is -3.66. The van der Waals surface area contributed by atoms with Crippen LogP contribution in [0.4, 0.5) is 0 Å². The number of carboxylic acids is 1. The first-order valence-electron chi connectivity index (χ1n) is 5.68. The number of rotatable bonds is 6. The normalized spacial score (nSPS) is 16.1. The SMILES string of the molecule is Cc1ccc(S(=O)(=O)N(CC(=O)O)CC2CC2)s1. The molecule has 100 valence electrons. The zero-order chi connectivity index (χ0) is 13.3. The molecule has 2 rings (SSSR count). The Morgan fingerprint density at radius 3 is 2.61 bits per heavy atom. The van der Waals surface area contributed by atoms with Gasteiger partial charge in [0.2, 0.25) is 0 Å². The van der Waals surface area contributed by atoms with Crippen LogP contribution >= 0.6 is 11.3 Å². The van der Waals surface area contributed by atoms with Crippen LogP contribution in [0.2, 0.25) is 0 Å². The number of sulfonamides is 1. The lowest BCUT2D eigenvalue weighted by atomic mass is 10.4. The van der Waals surface area contributed by atoms with Crippen molar-refractivity contribution in [3.8, 4) is 0 Å². The summed E-state index contributed by atoms with van der Waals surface area (Å²) in [4.78, 5) is 11.7. The first-order chi connectivity index (χ1) is 8.39. The average molecular weight is 289 g/mol. The van der Waals surface area contributed by atoms with Crippen LogP contribution in [0, 0.1) is 12.8 Å². The number of thiophene rings is 1. The molecule has 0 amide bonds. The highest BCUT2D eigenvalue weighted by Gasteiger charge is 2.33. The van der Waals surface area contributed by atoms with Gasteiger partial charge < -0.3 is 5.11 Å². The van der Waals surface area contributed by atoms with Gasteiger partial charge in [-0.25, -0.2) is 8.42 Å². The molecule has 1 aromatic rings. The Bertz CT molecular complexity index is 545. The second-order valence-electron chi connectivity index (χ2n) is 4.50. The molecule has 0 spiro atoms. The quantitative estimate of drug-likeness (QED) is 0.862. The summed E-state index contributed by atoms with van der Waals surface area (Å²) < 4.78 is 25.9. The number of carboxylic acid groups (broad SMARTS) is 1. The highest BCUT2D eigenvalue weighted by Crippen LogP contribution is 2.32. The van der Waals surface area contributed by atoms with Gasteiger partial charge in [-0.2, -0.15) is 4.31 Å². The summed E-state index contributed by atoms with van der Waals surface area (Å²) in [5, 5.41) is 8.83. The maximum atomic E-state index is 12.3. The molecule has 7 heteroatoms. The van der Waals surface area contributed by atoms with Crippen molar-refractivity contribution in [3.05, 3.63) is 17.0 Å². The van der Waals surface area contributed by atoms with Gasteiger partial charge >= 0.3 is 5.97 Å². The fourth-order valence-electron chi connectivity index (χ4n) is 1.66. The largest absolute Gasteiger partial charge is 0.480 e. The Morgan fingerprint density at radius 2 is 2.17 bits per heavy atom. The molecule has 1 aromatic heterocycles. The van der Waals surface area contributed by atoms with Gasteiger partial charge in [0, 0.05) is 11.4 Å². The lowest BCUT2D eigenvalue weighted by Gasteiger charge is -2.18. The van der Waals surface area contributed by atoms with E-state index >= 15 is 0 Å². The number of hydrogen-bond acceptors (Lipinski definition) is 4. The molecule has 0 radical (unpaired) electrons. The van der Waals surface area contributed by atoms with Crippen molar-refractivity contribution in [2.24, 2.45) is 5.92 Å². The van der Waals surface area contributed by atoms with E-state index in [2.05, 4.69) is 0 Å². The number of nitrogens with zero attached hydrogens (tertiary/aromatic N) is 1. The molecule has 0 saturated heterocycles. The first kappa shape index (κ1) is 13.5. The summed E-state index contributed by atoms with van der Waals surface area (Å²) in [6.45, 7) is 1.67. The van der Waals surface area contributed by atoms with E-state index in [4.69, 9.17) is 5.11 Å². The predicted molar refractivity (Wildman–Crippen MR) is 68.2 cm³/mol. The maximum Gasteiger partial charge on any atom is 0.318 e. The maximum absolute atomic E-state index is 12.3. The van der Waals surface area contributed by atoms with E-state index in [-0.39, 0.29) is 4.21 Å². The van der Waals surface area contributed by atoms with Gasteiger partial charge in [-0.3, -0.25) is 4.79 Å². The molecule has 5 nitrogen and oxygen atoms in total. The third-order valence-electron chi connectivity index (χ3n) is 2.78. The Hall–Kier alpha value is -0.920. The van der Waals surface area contributed by atoms with Crippen LogP contribution in [0.1, 0.15) is 17.7 Å². The third-order valence-corrected chi connectivity index (χ3v) is 6.06. The highest BCUT2D eigenvalue weighted by molar-refractivity contribution is 7.91. The van der Waals surface area contributed by atoms with Crippen molar-refractivity contribution < 1.29 is 18.3 Å². The summed E-state index contributed by atoms with van der Waals surface area (Å²) >= 11 is 1.18. The second-order valence-corrected chi connectivity index (χ2v) is 7.95. The van der Waals surface area contributed by atoms with E-state index in [1.807, 2.05) is 6.92 Å². The minimum absolute atomic E-state index is 0.224. The summed E-state index contributed by atoms with van der Waals surface area (Å²) in [5.41, 5.74) is 0. The molecule has 0 aliphatic heterocycles. The molecule has 0 unspecified atom stereocenters. The molecule has 1 aliphatic carbocycles. The van der Waals surface area contributed by atoms with Gasteiger partial charge in [0.15, 0.2) is 0 Å². The van der Waals surface area contributed by atoms with Crippen molar-refractivity contribution in [2.45, 2.75) is 24.0 Å². The van der Waals surface area contributed by atoms with Crippen LogP contribution in [-0.2, 0) is 14.8 Å². The number of carbonyl (C=O) groups is 1. The van der Waals surface area contributed by atoms with E-state index in [1.54, 1.807) is 6.07 Å². The summed E-state index contributed by atoms with van der Waals surface area (Å²) in [5.74, 6) is -0.798. The fourth-order valence-corrected chi connectivity index (χ4v) is 4.57. The molecule has 18 heavy (non-hydrogen) atoms. The molecule has 0 atom stereocenters. The van der Waals surface area contributed by atoms with E-state index in [9.17, 15) is 13.2 Å². The first-order valence-corrected chi connectivity index (χ1v) is 7.93. The van der Waals surface area contributed by atoms with Crippen molar-refractivity contribution in [3.63, 3.8) is 0 Å². The average Bonchev–Trinajstić information content (AvgIpc) is 2.96. The van der Waals surface area contributed by atoms with Gasteiger partial charge in [-0.05, 0) is 37.8 Å². The van der Waals surface area contributed by atoms with Crippen molar-refractivity contribution in [1.82, 2.24) is 4.31 Å². The Kier molecular flexibility index (Phi) is 3.74. The number of aryl methyl sites for hydroxylation is 1. The molecule has 0 bridgehead atoms. The summed E-state index contributed by atoms with van der Waals surface area (Å²) in [7, 11) is -3.66. The summed E-state index contributed by atoms with van der Waals surface area (Å²) in [6, 6.07) is 3.27. The van der Waals surface area contributed by atoms with E-state index < -0.39 is 22.5 Å². The predicted octanol–water partition coefficient (Wildman–Crippen LogP) is 1.54. The van der Waals surface area contributed by atoms with Crippen molar-refractivity contribution >= 4 is 27.3 Å². The van der Waals surface area contributed by atoms with E-state index in [1.165, 1.54) is 17.4 Å². The van der Waals surface area contributed by atoms with Gasteiger partial charge in [0.1, 0.15) is 10.8 Å². The van der Waals surface area contributed by atoms with Crippen LogP contribution in [0.15, 0.2) is 16.3 Å². The van der Waals surface area contributed by atoms with Crippen LogP contribution < -0.4 is 0 Å². The van der Waals surface area contributed by atoms with Crippen LogP contribution in [-0.4, -0.2) is 36.9 Å². The third kappa shape index (κ3) is 3.09. The zero-order valence-electron chi connectivity index (χ0n) is 10.00. The van der Waals surface area contributed by atoms with Crippen molar-refractivity contribution in [1.29, 1.82) is 0 Å². The van der Waals surface area contributed by atoms with Crippen LogP contribution in [0.25, 0.3) is 0 Å². The lowest BCUT2D eigenvalue weighted by Crippen LogP contribution is -2.36. The second kappa shape index (κ2) is 4.99. The Morgan fingerprint density at radius 1 is 1.50 bits per heavy atom.